The second kappa shape index (κ2) is 8.23. The Balaban J connectivity index is 2.86. The molecule has 0 radical (unpaired) electrons. The lowest BCUT2D eigenvalue weighted by Gasteiger charge is -2.05. The smallest absolute Gasteiger partial charge is 0.126 e. The maximum absolute atomic E-state index is 3.44. The summed E-state index contributed by atoms with van der Waals surface area (Å²) in [6.45, 7) is 13.6. The number of aryl methyl sites for hydroxylation is 1. The second-order valence-electron chi connectivity index (χ2n) is 7.64. The van der Waals surface area contributed by atoms with Crippen molar-refractivity contribution < 1.29 is 0 Å². The molecule has 0 nitrogen and oxygen atoms in total. The topological polar surface area (TPSA) is 0 Å². The standard InChI is InChI=1S/C20H28Si2/c1-21(2,3)17-15-20(16-18-22(4,5)6)14-10-13-19-11-8-7-9-12-19/h7-9,11-12,14H,10,13H2,1-6H3. The second-order valence-corrected chi connectivity index (χ2v) is 17.1. The van der Waals surface area contributed by atoms with Gasteiger partial charge in [-0.3, -0.25) is 0 Å². The first-order chi connectivity index (χ1) is 10.2. The van der Waals surface area contributed by atoms with Crippen molar-refractivity contribution in [2.75, 3.05) is 0 Å². The molecule has 22 heavy (non-hydrogen) atoms. The molecule has 1 aromatic carbocycles. The summed E-state index contributed by atoms with van der Waals surface area (Å²) in [5.41, 5.74) is 9.27. The van der Waals surface area contributed by atoms with Crippen LogP contribution in [0, 0.1) is 22.9 Å². The van der Waals surface area contributed by atoms with Gasteiger partial charge in [0.1, 0.15) is 16.1 Å². The lowest BCUT2D eigenvalue weighted by molar-refractivity contribution is 0.999. The lowest BCUT2D eigenvalue weighted by Crippen LogP contribution is -2.17. The normalized spacial score (nSPS) is 10.8. The van der Waals surface area contributed by atoms with Crippen LogP contribution in [0.5, 0.6) is 0 Å². The summed E-state index contributed by atoms with van der Waals surface area (Å²) in [7, 11) is -2.71. The molecule has 0 saturated heterocycles. The monoisotopic (exact) mass is 324 g/mol. The van der Waals surface area contributed by atoms with Gasteiger partial charge in [0.15, 0.2) is 0 Å². The third-order valence-electron chi connectivity index (χ3n) is 2.77. The Labute approximate surface area is 139 Å². The van der Waals surface area contributed by atoms with Gasteiger partial charge in [-0.05, 0) is 18.4 Å². The molecule has 2 heteroatoms. The van der Waals surface area contributed by atoms with Crippen LogP contribution in [0.3, 0.4) is 0 Å². The molecule has 0 fully saturated rings. The van der Waals surface area contributed by atoms with Crippen LogP contribution in [0.4, 0.5) is 0 Å². The van der Waals surface area contributed by atoms with E-state index in [1.807, 2.05) is 0 Å². The molecule has 0 aliphatic rings. The molecule has 1 aromatic rings. The first-order valence-electron chi connectivity index (χ1n) is 7.96. The van der Waals surface area contributed by atoms with Crippen molar-refractivity contribution in [3.05, 3.63) is 47.5 Å². The van der Waals surface area contributed by atoms with Crippen LogP contribution in [-0.2, 0) is 6.42 Å². The summed E-state index contributed by atoms with van der Waals surface area (Å²) in [5.74, 6) is 6.68. The zero-order valence-electron chi connectivity index (χ0n) is 14.9. The molecule has 0 heterocycles. The van der Waals surface area contributed by atoms with Crippen molar-refractivity contribution >= 4 is 16.1 Å². The van der Waals surface area contributed by atoms with Gasteiger partial charge in [0.25, 0.3) is 0 Å². The molecule has 0 atom stereocenters. The molecule has 0 spiro atoms. The molecule has 0 aliphatic carbocycles. The Morgan fingerprint density at radius 3 is 1.82 bits per heavy atom. The van der Waals surface area contributed by atoms with Crippen LogP contribution in [0.15, 0.2) is 42.0 Å². The van der Waals surface area contributed by atoms with Gasteiger partial charge in [-0.1, -0.05) is 87.5 Å². The zero-order valence-corrected chi connectivity index (χ0v) is 16.9. The van der Waals surface area contributed by atoms with Crippen molar-refractivity contribution in [2.45, 2.75) is 52.1 Å². The van der Waals surface area contributed by atoms with Gasteiger partial charge in [0.05, 0.1) is 5.57 Å². The average molecular weight is 325 g/mol. The molecule has 116 valence electrons. The third kappa shape index (κ3) is 9.45. The summed E-state index contributed by atoms with van der Waals surface area (Å²) < 4.78 is 0. The van der Waals surface area contributed by atoms with E-state index in [0.717, 1.165) is 18.4 Å². The highest BCUT2D eigenvalue weighted by molar-refractivity contribution is 6.84. The Kier molecular flexibility index (Phi) is 6.94. The fraction of sp³-hybridized carbons (Fsp3) is 0.400. The molecular formula is C20H28Si2. The van der Waals surface area contributed by atoms with Crippen LogP contribution in [0.1, 0.15) is 12.0 Å². The number of hydrogen-bond donors (Lipinski definition) is 0. The van der Waals surface area contributed by atoms with Crippen LogP contribution in [0.25, 0.3) is 0 Å². The molecule has 0 N–H and O–H groups in total. The van der Waals surface area contributed by atoms with E-state index in [1.54, 1.807) is 0 Å². The number of rotatable bonds is 3. The van der Waals surface area contributed by atoms with E-state index < -0.39 is 16.1 Å². The minimum absolute atomic E-state index is 1.00. The van der Waals surface area contributed by atoms with E-state index in [-0.39, 0.29) is 0 Å². The van der Waals surface area contributed by atoms with Crippen LogP contribution in [-0.4, -0.2) is 16.1 Å². The molecule has 0 unspecified atom stereocenters. The molecule has 0 saturated carbocycles. The van der Waals surface area contributed by atoms with Gasteiger partial charge in [0.2, 0.25) is 0 Å². The maximum Gasteiger partial charge on any atom is 0.129 e. The highest BCUT2D eigenvalue weighted by atomic mass is 28.3. The largest absolute Gasteiger partial charge is 0.129 e. The van der Waals surface area contributed by atoms with Gasteiger partial charge in [-0.2, -0.15) is 0 Å². The predicted molar refractivity (Wildman–Crippen MR) is 105 cm³/mol. The summed E-state index contributed by atoms with van der Waals surface area (Å²) in [6, 6.07) is 10.6. The van der Waals surface area contributed by atoms with Crippen LogP contribution < -0.4 is 0 Å². The predicted octanol–water partition coefficient (Wildman–Crippen LogP) is 5.31. The Bertz CT molecular complexity index is 584. The van der Waals surface area contributed by atoms with E-state index in [0.29, 0.717) is 0 Å². The van der Waals surface area contributed by atoms with E-state index in [4.69, 9.17) is 0 Å². The van der Waals surface area contributed by atoms with E-state index in [2.05, 4.69) is 98.6 Å². The minimum atomic E-state index is -1.36. The first-order valence-corrected chi connectivity index (χ1v) is 15.0. The molecule has 0 aromatic heterocycles. The zero-order chi connectivity index (χ0) is 16.6. The lowest BCUT2D eigenvalue weighted by atomic mass is 10.1. The minimum Gasteiger partial charge on any atom is -0.126 e. The quantitative estimate of drug-likeness (QED) is 0.522. The Hall–Kier alpha value is -1.49. The molecule has 0 amide bonds. The van der Waals surface area contributed by atoms with E-state index in [1.165, 1.54) is 5.56 Å². The van der Waals surface area contributed by atoms with Crippen molar-refractivity contribution in [3.8, 4) is 22.9 Å². The summed E-state index contributed by atoms with van der Waals surface area (Å²) in [4.78, 5) is 0. The fourth-order valence-electron chi connectivity index (χ4n) is 1.67. The van der Waals surface area contributed by atoms with Gasteiger partial charge in [-0.25, -0.2) is 0 Å². The van der Waals surface area contributed by atoms with Gasteiger partial charge >= 0.3 is 0 Å². The Morgan fingerprint density at radius 1 is 0.864 bits per heavy atom. The fourth-order valence-corrected chi connectivity index (χ4v) is 2.69. The van der Waals surface area contributed by atoms with Crippen molar-refractivity contribution in [1.82, 2.24) is 0 Å². The van der Waals surface area contributed by atoms with Crippen LogP contribution >= 0.6 is 0 Å². The van der Waals surface area contributed by atoms with E-state index >= 15 is 0 Å². The number of allylic oxidation sites excluding steroid dienone is 2. The van der Waals surface area contributed by atoms with Gasteiger partial charge in [-0.15, -0.1) is 11.1 Å². The van der Waals surface area contributed by atoms with E-state index in [9.17, 15) is 0 Å². The number of benzene rings is 1. The van der Waals surface area contributed by atoms with Crippen LogP contribution in [0.2, 0.25) is 39.3 Å². The average Bonchev–Trinajstić information content (AvgIpc) is 2.40. The molecule has 1 rings (SSSR count). The van der Waals surface area contributed by atoms with Crippen molar-refractivity contribution in [1.29, 1.82) is 0 Å². The first kappa shape index (κ1) is 18.6. The van der Waals surface area contributed by atoms with Gasteiger partial charge < -0.3 is 0 Å². The highest BCUT2D eigenvalue weighted by Gasteiger charge is 2.09. The number of hydrogen-bond acceptors (Lipinski definition) is 0. The third-order valence-corrected chi connectivity index (χ3v) is 4.52. The Morgan fingerprint density at radius 2 is 1.36 bits per heavy atom. The maximum atomic E-state index is 3.44. The summed E-state index contributed by atoms with van der Waals surface area (Å²) >= 11 is 0. The molecule has 0 aliphatic heterocycles. The van der Waals surface area contributed by atoms with Crippen molar-refractivity contribution in [3.63, 3.8) is 0 Å². The van der Waals surface area contributed by atoms with Gasteiger partial charge in [0, 0.05) is 0 Å². The summed E-state index contributed by atoms with van der Waals surface area (Å²) in [5, 5.41) is 0. The SMILES string of the molecule is C[Si](C)(C)C#CC(C#C[Si](C)(C)C)=CCCc1ccccc1. The highest BCUT2D eigenvalue weighted by Crippen LogP contribution is 2.06. The molecule has 0 bridgehead atoms. The summed E-state index contributed by atoms with van der Waals surface area (Å²) in [6.07, 6.45) is 4.26. The molecular weight excluding hydrogens is 296 g/mol. The van der Waals surface area contributed by atoms with Crippen molar-refractivity contribution in [2.24, 2.45) is 0 Å².